The van der Waals surface area contributed by atoms with Gasteiger partial charge in [-0.05, 0) is 18.8 Å². The third-order valence-electron chi connectivity index (χ3n) is 4.57. The van der Waals surface area contributed by atoms with Crippen LogP contribution in [0.5, 0.6) is 0 Å². The lowest BCUT2D eigenvalue weighted by Crippen LogP contribution is -2.06. The van der Waals surface area contributed by atoms with Gasteiger partial charge in [0.25, 0.3) is 0 Å². The fourth-order valence-electron chi connectivity index (χ4n) is 3.33. The molecule has 0 saturated heterocycles. The third kappa shape index (κ3) is 13.6. The smallest absolute Gasteiger partial charge is 0.329 e. The molecule has 0 heterocycles. The molecule has 2 aliphatic rings. The molecule has 0 aliphatic heterocycles. The molecule has 5 heteroatoms. The summed E-state index contributed by atoms with van der Waals surface area (Å²) in [7, 11) is 1.31. The molecule has 0 amide bonds. The average molecular weight is 357 g/mol. The topological polar surface area (TPSA) is 61.8 Å². The monoisotopic (exact) mass is 356 g/mol. The van der Waals surface area contributed by atoms with Gasteiger partial charge in [0.2, 0.25) is 0 Å². The third-order valence-corrected chi connectivity index (χ3v) is 4.57. The molecule has 0 aromatic rings. The zero-order chi connectivity index (χ0) is 18.9. The number of carbonyl (C=O) groups excluding carboxylic acids is 2. The molecule has 2 rings (SSSR count). The Morgan fingerprint density at radius 3 is 1.76 bits per heavy atom. The number of esters is 2. The summed E-state index contributed by atoms with van der Waals surface area (Å²) in [6.07, 6.45) is 13.5. The number of carbonyl (C=O) groups is 2. The lowest BCUT2D eigenvalue weighted by Gasteiger charge is -2.16. The van der Waals surface area contributed by atoms with Gasteiger partial charge in [0.1, 0.15) is 6.61 Å². The van der Waals surface area contributed by atoms with Crippen molar-refractivity contribution in [2.75, 3.05) is 26.9 Å². The SMILES string of the molecule is C1CCC(C2CCCC2)C1.C=CC(=O)OC.CCOCCOC(C)=O. The lowest BCUT2D eigenvalue weighted by molar-refractivity contribution is -0.142. The van der Waals surface area contributed by atoms with Crippen LogP contribution in [-0.4, -0.2) is 38.9 Å². The summed E-state index contributed by atoms with van der Waals surface area (Å²) in [5.41, 5.74) is 0. The van der Waals surface area contributed by atoms with E-state index in [1.807, 2.05) is 6.92 Å². The van der Waals surface area contributed by atoms with Crippen LogP contribution >= 0.6 is 0 Å². The van der Waals surface area contributed by atoms with Crippen LogP contribution in [-0.2, 0) is 23.8 Å². The molecule has 25 heavy (non-hydrogen) atoms. The standard InChI is InChI=1S/C10H18.C6H12O3.C4H6O2/c1-2-6-9(5-1)10-7-3-4-8-10;1-3-8-4-5-9-6(2)7;1-3-4(5)6-2/h9-10H,1-8H2;3-5H2,1-2H3;3H,1H2,2H3. The minimum absolute atomic E-state index is 0.255. The molecule has 0 aromatic heterocycles. The van der Waals surface area contributed by atoms with Gasteiger partial charge in [0, 0.05) is 19.6 Å². The number of rotatable bonds is 6. The van der Waals surface area contributed by atoms with E-state index in [2.05, 4.69) is 16.1 Å². The van der Waals surface area contributed by atoms with Crippen molar-refractivity contribution in [3.8, 4) is 0 Å². The maximum absolute atomic E-state index is 10.1. The Balaban J connectivity index is 0.000000359. The minimum atomic E-state index is -0.394. The van der Waals surface area contributed by atoms with Crippen LogP contribution in [0.4, 0.5) is 0 Å². The van der Waals surface area contributed by atoms with Gasteiger partial charge in [-0.3, -0.25) is 4.79 Å². The summed E-state index contributed by atoms with van der Waals surface area (Å²) >= 11 is 0. The first kappa shape index (κ1) is 23.6. The summed E-state index contributed by atoms with van der Waals surface area (Å²) in [4.78, 5) is 20.0. The fourth-order valence-corrected chi connectivity index (χ4v) is 3.33. The largest absolute Gasteiger partial charge is 0.466 e. The van der Waals surface area contributed by atoms with Gasteiger partial charge in [-0.2, -0.15) is 0 Å². The van der Waals surface area contributed by atoms with E-state index < -0.39 is 5.97 Å². The number of hydrogen-bond donors (Lipinski definition) is 0. The minimum Gasteiger partial charge on any atom is -0.466 e. The van der Waals surface area contributed by atoms with Crippen LogP contribution in [0.2, 0.25) is 0 Å². The van der Waals surface area contributed by atoms with E-state index >= 15 is 0 Å². The van der Waals surface area contributed by atoms with Gasteiger partial charge in [-0.1, -0.05) is 57.9 Å². The van der Waals surface area contributed by atoms with Gasteiger partial charge in [-0.25, -0.2) is 4.79 Å². The van der Waals surface area contributed by atoms with Crippen LogP contribution in [0.1, 0.15) is 65.2 Å². The normalized spacial score (nSPS) is 16.9. The Bertz CT molecular complexity index is 341. The number of methoxy groups -OCH3 is 1. The van der Waals surface area contributed by atoms with E-state index in [9.17, 15) is 9.59 Å². The Morgan fingerprint density at radius 2 is 1.48 bits per heavy atom. The van der Waals surface area contributed by atoms with Crippen molar-refractivity contribution in [2.45, 2.75) is 65.2 Å². The summed E-state index contributed by atoms with van der Waals surface area (Å²) in [6, 6.07) is 0. The van der Waals surface area contributed by atoms with E-state index in [0.29, 0.717) is 19.8 Å². The summed E-state index contributed by atoms with van der Waals surface area (Å²) in [6.45, 7) is 7.96. The van der Waals surface area contributed by atoms with Gasteiger partial charge >= 0.3 is 11.9 Å². The predicted molar refractivity (Wildman–Crippen MR) is 99.3 cm³/mol. The zero-order valence-electron chi connectivity index (χ0n) is 16.3. The first-order valence-corrected chi connectivity index (χ1v) is 9.46. The van der Waals surface area contributed by atoms with Crippen LogP contribution in [0.15, 0.2) is 12.7 Å². The second-order valence-corrected chi connectivity index (χ2v) is 6.35. The van der Waals surface area contributed by atoms with Gasteiger partial charge in [0.05, 0.1) is 13.7 Å². The van der Waals surface area contributed by atoms with Crippen LogP contribution in [0.25, 0.3) is 0 Å². The van der Waals surface area contributed by atoms with Crippen molar-refractivity contribution in [3.63, 3.8) is 0 Å². The molecule has 0 radical (unpaired) electrons. The van der Waals surface area contributed by atoms with Crippen molar-refractivity contribution < 1.29 is 23.8 Å². The summed E-state index contributed by atoms with van der Waals surface area (Å²) < 4.78 is 13.6. The highest BCUT2D eigenvalue weighted by molar-refractivity contribution is 5.80. The van der Waals surface area contributed by atoms with Crippen molar-refractivity contribution in [2.24, 2.45) is 11.8 Å². The molecular weight excluding hydrogens is 320 g/mol. The molecule has 2 aliphatic carbocycles. The molecule has 0 unspecified atom stereocenters. The van der Waals surface area contributed by atoms with Crippen molar-refractivity contribution in [3.05, 3.63) is 12.7 Å². The first-order valence-electron chi connectivity index (χ1n) is 9.46. The van der Waals surface area contributed by atoms with E-state index in [1.165, 1.54) is 39.7 Å². The van der Waals surface area contributed by atoms with Crippen LogP contribution in [0.3, 0.4) is 0 Å². The Kier molecular flexibility index (Phi) is 15.2. The fraction of sp³-hybridized carbons (Fsp3) is 0.800. The Hall–Kier alpha value is -1.36. The molecule has 5 nitrogen and oxygen atoms in total. The molecule has 2 saturated carbocycles. The van der Waals surface area contributed by atoms with E-state index in [1.54, 1.807) is 25.7 Å². The summed E-state index contributed by atoms with van der Waals surface area (Å²) in [5.74, 6) is 1.66. The average Bonchev–Trinajstić information content (AvgIpc) is 3.31. The molecule has 0 N–H and O–H groups in total. The predicted octanol–water partition coefficient (Wildman–Crippen LogP) is 4.30. The maximum Gasteiger partial charge on any atom is 0.329 e. The zero-order valence-corrected chi connectivity index (χ0v) is 16.3. The van der Waals surface area contributed by atoms with E-state index in [-0.39, 0.29) is 5.97 Å². The quantitative estimate of drug-likeness (QED) is 0.403. The van der Waals surface area contributed by atoms with Gasteiger partial charge in [-0.15, -0.1) is 0 Å². The molecule has 146 valence electrons. The molecule has 2 fully saturated rings. The highest BCUT2D eigenvalue weighted by Crippen LogP contribution is 2.39. The number of hydrogen-bond acceptors (Lipinski definition) is 5. The van der Waals surface area contributed by atoms with E-state index in [4.69, 9.17) is 4.74 Å². The lowest BCUT2D eigenvalue weighted by atomic mass is 9.90. The van der Waals surface area contributed by atoms with Crippen LogP contribution in [0, 0.1) is 11.8 Å². The molecule has 0 spiro atoms. The second-order valence-electron chi connectivity index (χ2n) is 6.35. The Morgan fingerprint density at radius 1 is 1.00 bits per heavy atom. The summed E-state index contributed by atoms with van der Waals surface area (Å²) in [5, 5.41) is 0. The molecule has 0 atom stereocenters. The second kappa shape index (κ2) is 16.1. The van der Waals surface area contributed by atoms with Crippen LogP contribution < -0.4 is 0 Å². The van der Waals surface area contributed by atoms with Gasteiger partial charge < -0.3 is 14.2 Å². The van der Waals surface area contributed by atoms with E-state index in [0.717, 1.165) is 17.9 Å². The highest BCUT2D eigenvalue weighted by atomic mass is 16.6. The molecule has 0 aromatic carbocycles. The molecule has 0 bridgehead atoms. The number of ether oxygens (including phenoxy) is 3. The van der Waals surface area contributed by atoms with Crippen molar-refractivity contribution in [1.29, 1.82) is 0 Å². The first-order chi connectivity index (χ1) is 12.0. The van der Waals surface area contributed by atoms with Gasteiger partial charge in [0.15, 0.2) is 0 Å². The maximum atomic E-state index is 10.1. The molecular formula is C20H36O5. The Labute approximate surface area is 153 Å². The van der Waals surface area contributed by atoms with Crippen molar-refractivity contribution in [1.82, 2.24) is 0 Å². The van der Waals surface area contributed by atoms with Crippen molar-refractivity contribution >= 4 is 11.9 Å². The highest BCUT2D eigenvalue weighted by Gasteiger charge is 2.26.